The Labute approximate surface area is 120 Å². The molecule has 3 heteroatoms. The molecular formula is C16H24FNS. The number of hydrogen-bond acceptors (Lipinski definition) is 2. The molecule has 0 amide bonds. The average molecular weight is 281 g/mol. The molecule has 0 aromatic heterocycles. The summed E-state index contributed by atoms with van der Waals surface area (Å²) in [6.45, 7) is 5.09. The van der Waals surface area contributed by atoms with Crippen LogP contribution in [0.1, 0.15) is 49.8 Å². The van der Waals surface area contributed by atoms with Gasteiger partial charge < -0.3 is 5.32 Å². The van der Waals surface area contributed by atoms with E-state index in [4.69, 9.17) is 0 Å². The zero-order chi connectivity index (χ0) is 13.7. The van der Waals surface area contributed by atoms with Gasteiger partial charge in [-0.05, 0) is 49.6 Å². The number of halogens is 1. The average Bonchev–Trinajstić information content (AvgIpc) is 2.88. The van der Waals surface area contributed by atoms with Gasteiger partial charge in [0, 0.05) is 17.0 Å². The van der Waals surface area contributed by atoms with Crippen molar-refractivity contribution in [2.24, 2.45) is 0 Å². The van der Waals surface area contributed by atoms with Gasteiger partial charge in [0.1, 0.15) is 5.82 Å². The van der Waals surface area contributed by atoms with Crippen LogP contribution in [0.3, 0.4) is 0 Å². The van der Waals surface area contributed by atoms with Crippen LogP contribution in [0.4, 0.5) is 4.39 Å². The van der Waals surface area contributed by atoms with Crippen molar-refractivity contribution in [1.29, 1.82) is 0 Å². The predicted molar refractivity (Wildman–Crippen MR) is 82.3 cm³/mol. The van der Waals surface area contributed by atoms with Gasteiger partial charge in [-0.3, -0.25) is 0 Å². The predicted octanol–water partition coefficient (Wildman–Crippen LogP) is 4.46. The number of nitrogens with one attached hydrogen (secondary N) is 1. The van der Waals surface area contributed by atoms with Gasteiger partial charge in [-0.1, -0.05) is 25.8 Å². The van der Waals surface area contributed by atoms with E-state index in [0.717, 1.165) is 23.1 Å². The lowest BCUT2D eigenvalue weighted by molar-refractivity contribution is 0.593. The van der Waals surface area contributed by atoms with Crippen molar-refractivity contribution >= 4 is 11.8 Å². The molecule has 106 valence electrons. The molecule has 1 unspecified atom stereocenters. The molecule has 1 atom stereocenters. The summed E-state index contributed by atoms with van der Waals surface area (Å²) >= 11 is 2.08. The fourth-order valence-corrected chi connectivity index (χ4v) is 4.25. The molecule has 0 heterocycles. The second kappa shape index (κ2) is 7.30. The summed E-state index contributed by atoms with van der Waals surface area (Å²) in [7, 11) is 0. The monoisotopic (exact) mass is 281 g/mol. The Kier molecular flexibility index (Phi) is 5.71. The third-order valence-electron chi connectivity index (χ3n) is 3.86. The fraction of sp³-hybridized carbons (Fsp3) is 0.625. The van der Waals surface area contributed by atoms with Crippen LogP contribution in [0, 0.1) is 12.7 Å². The lowest BCUT2D eigenvalue weighted by Gasteiger charge is -2.21. The molecule has 2 rings (SSSR count). The summed E-state index contributed by atoms with van der Waals surface area (Å²) in [6.07, 6.45) is 5.51. The second-order valence-electron chi connectivity index (χ2n) is 5.35. The zero-order valence-electron chi connectivity index (χ0n) is 11.9. The van der Waals surface area contributed by atoms with Crippen LogP contribution < -0.4 is 5.32 Å². The maximum Gasteiger partial charge on any atom is 0.123 e. The van der Waals surface area contributed by atoms with Crippen molar-refractivity contribution in [2.75, 3.05) is 12.3 Å². The van der Waals surface area contributed by atoms with Crippen molar-refractivity contribution < 1.29 is 4.39 Å². The van der Waals surface area contributed by atoms with Crippen molar-refractivity contribution in [3.63, 3.8) is 0 Å². The Morgan fingerprint density at radius 2 is 2.11 bits per heavy atom. The van der Waals surface area contributed by atoms with Crippen molar-refractivity contribution in [3.05, 3.63) is 35.1 Å². The Hall–Kier alpha value is -0.540. The van der Waals surface area contributed by atoms with E-state index in [1.54, 1.807) is 12.1 Å². The minimum atomic E-state index is -0.139. The highest BCUT2D eigenvalue weighted by molar-refractivity contribution is 7.99. The lowest BCUT2D eigenvalue weighted by Crippen LogP contribution is -2.24. The van der Waals surface area contributed by atoms with Gasteiger partial charge >= 0.3 is 0 Å². The first-order valence-electron chi connectivity index (χ1n) is 7.31. The van der Waals surface area contributed by atoms with E-state index in [-0.39, 0.29) is 5.82 Å². The molecule has 0 saturated heterocycles. The summed E-state index contributed by atoms with van der Waals surface area (Å²) < 4.78 is 13.2. The van der Waals surface area contributed by atoms with E-state index in [9.17, 15) is 4.39 Å². The van der Waals surface area contributed by atoms with E-state index < -0.39 is 0 Å². The number of benzene rings is 1. The topological polar surface area (TPSA) is 12.0 Å². The summed E-state index contributed by atoms with van der Waals surface area (Å²) in [5.74, 6) is 0.949. The van der Waals surface area contributed by atoms with Crippen LogP contribution in [0.5, 0.6) is 0 Å². The van der Waals surface area contributed by atoms with E-state index in [0.29, 0.717) is 6.04 Å². The Balaban J connectivity index is 2.01. The van der Waals surface area contributed by atoms with E-state index in [1.165, 1.54) is 31.2 Å². The highest BCUT2D eigenvalue weighted by Gasteiger charge is 2.19. The van der Waals surface area contributed by atoms with Gasteiger partial charge in [0.05, 0.1) is 0 Å². The molecule has 1 aromatic carbocycles. The third kappa shape index (κ3) is 4.22. The van der Waals surface area contributed by atoms with Crippen LogP contribution in [0.2, 0.25) is 0 Å². The van der Waals surface area contributed by atoms with Gasteiger partial charge in [-0.2, -0.15) is 11.8 Å². The van der Waals surface area contributed by atoms with Crippen LogP contribution in [0.25, 0.3) is 0 Å². The smallest absolute Gasteiger partial charge is 0.123 e. The van der Waals surface area contributed by atoms with E-state index >= 15 is 0 Å². The summed E-state index contributed by atoms with van der Waals surface area (Å²) in [4.78, 5) is 0. The van der Waals surface area contributed by atoms with E-state index in [2.05, 4.69) is 24.0 Å². The van der Waals surface area contributed by atoms with Crippen LogP contribution in [-0.4, -0.2) is 17.5 Å². The summed E-state index contributed by atoms with van der Waals surface area (Å²) in [5, 5.41) is 4.37. The molecule has 0 radical (unpaired) electrons. The number of rotatable bonds is 6. The van der Waals surface area contributed by atoms with Crippen LogP contribution >= 0.6 is 11.8 Å². The molecule has 0 bridgehead atoms. The molecule has 1 aliphatic carbocycles. The van der Waals surface area contributed by atoms with Gasteiger partial charge in [0.15, 0.2) is 0 Å². The van der Waals surface area contributed by atoms with Crippen molar-refractivity contribution in [3.8, 4) is 0 Å². The number of thioether (sulfide) groups is 1. The molecule has 1 saturated carbocycles. The summed E-state index contributed by atoms with van der Waals surface area (Å²) in [5.41, 5.74) is 2.30. The zero-order valence-corrected chi connectivity index (χ0v) is 12.7. The molecule has 0 aliphatic heterocycles. The molecule has 0 spiro atoms. The van der Waals surface area contributed by atoms with Gasteiger partial charge in [0.25, 0.3) is 0 Å². The molecule has 1 N–H and O–H groups in total. The number of aryl methyl sites for hydroxylation is 1. The first kappa shape index (κ1) is 14.9. The molecule has 1 fully saturated rings. The third-order valence-corrected chi connectivity index (χ3v) is 5.33. The molecule has 19 heavy (non-hydrogen) atoms. The molecule has 1 nitrogen and oxygen atoms in total. The normalized spacial score (nSPS) is 17.8. The second-order valence-corrected chi connectivity index (χ2v) is 6.68. The molecular weight excluding hydrogens is 257 g/mol. The van der Waals surface area contributed by atoms with Gasteiger partial charge in [-0.15, -0.1) is 0 Å². The minimum absolute atomic E-state index is 0.139. The first-order chi connectivity index (χ1) is 9.20. The molecule has 1 aromatic rings. The summed E-state index contributed by atoms with van der Waals surface area (Å²) in [6, 6.07) is 5.50. The highest BCUT2D eigenvalue weighted by atomic mass is 32.2. The van der Waals surface area contributed by atoms with Crippen LogP contribution in [0.15, 0.2) is 18.2 Å². The minimum Gasteiger partial charge on any atom is -0.310 e. The highest BCUT2D eigenvalue weighted by Crippen LogP contribution is 2.32. The van der Waals surface area contributed by atoms with Gasteiger partial charge in [-0.25, -0.2) is 4.39 Å². The Morgan fingerprint density at radius 3 is 2.74 bits per heavy atom. The van der Waals surface area contributed by atoms with Gasteiger partial charge in [0.2, 0.25) is 0 Å². The van der Waals surface area contributed by atoms with Crippen LogP contribution in [-0.2, 0) is 0 Å². The lowest BCUT2D eigenvalue weighted by atomic mass is 10.0. The number of hydrogen-bond donors (Lipinski definition) is 1. The SMILES string of the molecule is CCNC(CSC1CCCC1)c1ccc(F)cc1C. The van der Waals surface area contributed by atoms with E-state index in [1.807, 2.05) is 13.0 Å². The fourth-order valence-electron chi connectivity index (χ4n) is 2.82. The quantitative estimate of drug-likeness (QED) is 0.826. The van der Waals surface area contributed by atoms with Crippen molar-refractivity contribution in [2.45, 2.75) is 50.8 Å². The first-order valence-corrected chi connectivity index (χ1v) is 8.36. The maximum absolute atomic E-state index is 13.2. The standard InChI is InChI=1S/C16H24FNS/c1-3-18-16(11-19-14-6-4-5-7-14)15-9-8-13(17)10-12(15)2/h8-10,14,16,18H,3-7,11H2,1-2H3. The Bertz CT molecular complexity index is 402. The molecule has 1 aliphatic rings. The largest absolute Gasteiger partial charge is 0.310 e. The Morgan fingerprint density at radius 1 is 1.37 bits per heavy atom. The van der Waals surface area contributed by atoms with Crippen molar-refractivity contribution in [1.82, 2.24) is 5.32 Å². The maximum atomic E-state index is 13.2.